The number of amides is 3. The van der Waals surface area contributed by atoms with Crippen molar-refractivity contribution in [1.29, 1.82) is 0 Å². The number of nitrogens with one attached hydrogen (secondary N) is 2. The molecule has 62 heavy (non-hydrogen) atoms. The summed E-state index contributed by atoms with van der Waals surface area (Å²) < 4.78 is 17.2. The number of carbonyl (C=O) groups is 3. The molecule has 9 rings (SSSR count). The van der Waals surface area contributed by atoms with Crippen molar-refractivity contribution in [3.8, 4) is 11.1 Å². The molecule has 0 aliphatic carbocycles. The van der Waals surface area contributed by atoms with Gasteiger partial charge in [-0.3, -0.25) is 29.5 Å². The molecule has 1 aromatic carbocycles. The quantitative estimate of drug-likeness (QED) is 0.119. The van der Waals surface area contributed by atoms with Crippen molar-refractivity contribution < 1.29 is 18.8 Å². The average Bonchev–Trinajstić information content (AvgIpc) is 3.64. The van der Waals surface area contributed by atoms with Gasteiger partial charge in [0.05, 0.1) is 5.69 Å². The van der Waals surface area contributed by atoms with Crippen LogP contribution in [0, 0.1) is 11.9 Å². The number of anilines is 3. The third-order valence-corrected chi connectivity index (χ3v) is 13.7. The highest BCUT2D eigenvalue weighted by molar-refractivity contribution is 6.01. The van der Waals surface area contributed by atoms with E-state index < -0.39 is 17.9 Å². The highest BCUT2D eigenvalue weighted by Gasteiger charge is 2.31. The number of nitrogen functional groups attached to an aromatic ring is 1. The van der Waals surface area contributed by atoms with Crippen LogP contribution in [0.2, 0.25) is 0 Å². The average molecular weight is 842 g/mol. The first-order valence-electron chi connectivity index (χ1n) is 22.1. The molecule has 2 atom stereocenters. The van der Waals surface area contributed by atoms with Crippen LogP contribution in [0.4, 0.5) is 21.7 Å². The van der Waals surface area contributed by atoms with E-state index in [1.165, 1.54) is 11.3 Å². The number of halogens is 1. The van der Waals surface area contributed by atoms with E-state index in [-0.39, 0.29) is 30.0 Å². The summed E-state index contributed by atoms with van der Waals surface area (Å²) in [7, 11) is 2.11. The first kappa shape index (κ1) is 41.4. The normalized spacial score (nSPS) is 20.4. The molecule has 8 heterocycles. The maximum atomic E-state index is 15.0. The number of aromatic nitrogens is 4. The molecular formula is C47H56FN11O3. The van der Waals surface area contributed by atoms with Gasteiger partial charge in [0.15, 0.2) is 0 Å². The molecule has 15 heteroatoms. The molecule has 0 radical (unpaired) electrons. The van der Waals surface area contributed by atoms with E-state index in [0.717, 1.165) is 112 Å². The molecule has 4 aliphatic heterocycles. The number of benzene rings is 1. The van der Waals surface area contributed by atoms with Crippen LogP contribution in [-0.2, 0) is 16.6 Å². The predicted octanol–water partition coefficient (Wildman–Crippen LogP) is 5.58. The molecule has 5 aromatic rings. The lowest BCUT2D eigenvalue weighted by molar-refractivity contribution is -0.133. The van der Waals surface area contributed by atoms with Gasteiger partial charge in [0.25, 0.3) is 5.91 Å². The van der Waals surface area contributed by atoms with Gasteiger partial charge in [0, 0.05) is 99.9 Å². The van der Waals surface area contributed by atoms with Gasteiger partial charge in [-0.15, -0.1) is 0 Å². The van der Waals surface area contributed by atoms with E-state index in [0.29, 0.717) is 29.9 Å². The summed E-state index contributed by atoms with van der Waals surface area (Å²) >= 11 is 0. The van der Waals surface area contributed by atoms with Crippen LogP contribution in [0.25, 0.3) is 22.2 Å². The van der Waals surface area contributed by atoms with Crippen molar-refractivity contribution in [2.45, 2.75) is 63.5 Å². The second kappa shape index (κ2) is 17.8. The third-order valence-electron chi connectivity index (χ3n) is 13.7. The molecule has 0 saturated carbocycles. The lowest BCUT2D eigenvalue weighted by atomic mass is 9.88. The van der Waals surface area contributed by atoms with Crippen LogP contribution in [0.1, 0.15) is 79.0 Å². The topological polar surface area (TPSA) is 158 Å². The highest BCUT2D eigenvalue weighted by atomic mass is 19.1. The molecule has 4 aliphatic rings. The summed E-state index contributed by atoms with van der Waals surface area (Å²) in [4.78, 5) is 59.5. The Morgan fingerprint density at radius 2 is 1.66 bits per heavy atom. The van der Waals surface area contributed by atoms with Gasteiger partial charge in [-0.2, -0.15) is 4.39 Å². The molecule has 324 valence electrons. The number of hydrogen-bond acceptors (Lipinski definition) is 11. The number of likely N-dealkylation sites (tertiary alicyclic amines) is 2. The molecular weight excluding hydrogens is 786 g/mol. The maximum absolute atomic E-state index is 15.0. The van der Waals surface area contributed by atoms with Gasteiger partial charge >= 0.3 is 0 Å². The van der Waals surface area contributed by atoms with Crippen LogP contribution in [-0.4, -0.2) is 117 Å². The van der Waals surface area contributed by atoms with Gasteiger partial charge in [-0.1, -0.05) is 12.1 Å². The van der Waals surface area contributed by atoms with E-state index >= 15 is 0 Å². The number of piperidine rings is 3. The van der Waals surface area contributed by atoms with E-state index in [9.17, 15) is 18.8 Å². The number of piperazine rings is 1. The Morgan fingerprint density at radius 1 is 0.903 bits per heavy atom. The smallest absolute Gasteiger partial charge is 0.253 e. The lowest BCUT2D eigenvalue weighted by Gasteiger charge is -2.39. The Bertz CT molecular complexity index is 2420. The second-order valence-electron chi connectivity index (χ2n) is 17.5. The number of carbonyl (C=O) groups excluding carboxylic acids is 3. The van der Waals surface area contributed by atoms with E-state index in [1.54, 1.807) is 12.1 Å². The number of pyridine rings is 3. The minimum atomic E-state index is -0.664. The summed E-state index contributed by atoms with van der Waals surface area (Å²) in [5.74, 6) is 0.773. The molecule has 3 amide bonds. The van der Waals surface area contributed by atoms with Crippen LogP contribution in [0.15, 0.2) is 73.1 Å². The summed E-state index contributed by atoms with van der Waals surface area (Å²) in [6.45, 7) is 10.0. The van der Waals surface area contributed by atoms with Crippen molar-refractivity contribution in [3.05, 3.63) is 95.8 Å². The molecule has 4 fully saturated rings. The van der Waals surface area contributed by atoms with Gasteiger partial charge in [-0.25, -0.2) is 15.0 Å². The molecule has 1 unspecified atom stereocenters. The van der Waals surface area contributed by atoms with Crippen molar-refractivity contribution in [3.63, 3.8) is 0 Å². The van der Waals surface area contributed by atoms with Gasteiger partial charge in [0.1, 0.15) is 23.3 Å². The number of nitrogens with two attached hydrogens (primary N) is 1. The standard InChI is InChI=1S/C47H56FN11O3/c1-30(40-27-37-36(13-18-50-45(37)55(40)2)35-7-10-41(49)51-28-35)57-21-16-33(17-22-57)32-3-5-34(6-4-32)47(62)59-19-14-31(15-20-59)29-56-23-25-58(26-24-56)42-11-8-38(44(48)53-42)52-39-9-12-43(60)54-46(39)61/h3-8,10-11,13,18,27-28,30-31,33,39,52H,9,12,14-17,19-26,29H2,1-2H3,(H2,49,51)(H,54,60,61)/t30-,39?/m0/s1. The van der Waals surface area contributed by atoms with Crippen molar-refractivity contribution in [1.82, 2.24) is 39.5 Å². The van der Waals surface area contributed by atoms with Crippen LogP contribution >= 0.6 is 0 Å². The first-order valence-corrected chi connectivity index (χ1v) is 22.1. The molecule has 0 spiro atoms. The highest BCUT2D eigenvalue weighted by Crippen LogP contribution is 2.36. The second-order valence-corrected chi connectivity index (χ2v) is 17.5. The fourth-order valence-electron chi connectivity index (χ4n) is 9.91. The first-order chi connectivity index (χ1) is 30.1. The zero-order valence-corrected chi connectivity index (χ0v) is 35.6. The lowest BCUT2D eigenvalue weighted by Crippen LogP contribution is -2.49. The molecule has 14 nitrogen and oxygen atoms in total. The molecule has 4 N–H and O–H groups in total. The SMILES string of the molecule is C[C@@H](c1cc2c(-c3ccc(N)nc3)ccnc2n1C)N1CCC(c2ccc(C(=O)N3CCC(CN4CCN(c5ccc(NC6CCC(=O)NC6=O)c(F)n5)CC4)CC3)cc2)CC1. The zero-order chi connectivity index (χ0) is 42.9. The van der Waals surface area contributed by atoms with Gasteiger partial charge in [0.2, 0.25) is 17.8 Å². The van der Waals surface area contributed by atoms with Crippen molar-refractivity contribution in [2.24, 2.45) is 13.0 Å². The van der Waals surface area contributed by atoms with E-state index in [4.69, 9.17) is 10.7 Å². The molecule has 4 aromatic heterocycles. The number of aryl methyl sites for hydroxylation is 1. The summed E-state index contributed by atoms with van der Waals surface area (Å²) in [5.41, 5.74) is 12.4. The van der Waals surface area contributed by atoms with Crippen LogP contribution < -0.4 is 21.3 Å². The maximum Gasteiger partial charge on any atom is 0.253 e. The van der Waals surface area contributed by atoms with Crippen LogP contribution in [0.3, 0.4) is 0 Å². The zero-order valence-electron chi connectivity index (χ0n) is 35.6. The third kappa shape index (κ3) is 8.73. The van der Waals surface area contributed by atoms with E-state index in [1.807, 2.05) is 47.6 Å². The minimum Gasteiger partial charge on any atom is -0.384 e. The minimum absolute atomic E-state index is 0.116. The Labute approximate surface area is 361 Å². The van der Waals surface area contributed by atoms with Gasteiger partial charge in [-0.05, 0) is 124 Å². The summed E-state index contributed by atoms with van der Waals surface area (Å²) in [6, 6.07) is 19.5. The fourth-order valence-corrected chi connectivity index (χ4v) is 9.91. The summed E-state index contributed by atoms with van der Waals surface area (Å²) in [6.07, 6.45) is 8.32. The van der Waals surface area contributed by atoms with Crippen LogP contribution in [0.5, 0.6) is 0 Å². The largest absolute Gasteiger partial charge is 0.384 e. The molecule has 4 saturated heterocycles. The number of nitrogens with zero attached hydrogens (tertiary/aromatic N) is 8. The monoisotopic (exact) mass is 841 g/mol. The number of fused-ring (bicyclic) bond motifs is 1. The van der Waals surface area contributed by atoms with E-state index in [2.05, 4.69) is 72.0 Å². The van der Waals surface area contributed by atoms with Gasteiger partial charge < -0.3 is 25.4 Å². The Morgan fingerprint density at radius 3 is 2.35 bits per heavy atom. The Hall–Kier alpha value is -5.93. The number of rotatable bonds is 10. The Balaban J connectivity index is 0.715. The fraction of sp³-hybridized carbons (Fsp3) is 0.447. The van der Waals surface area contributed by atoms with Crippen molar-refractivity contribution in [2.75, 3.05) is 74.9 Å². The predicted molar refractivity (Wildman–Crippen MR) is 238 cm³/mol. The number of hydrogen-bond donors (Lipinski definition) is 3. The Kier molecular flexibility index (Phi) is 11.9. The number of imide groups is 1. The molecule has 0 bridgehead atoms. The van der Waals surface area contributed by atoms with Crippen molar-refractivity contribution >= 4 is 46.1 Å². The summed E-state index contributed by atoms with van der Waals surface area (Å²) in [5, 5.41) is 6.30.